The summed E-state index contributed by atoms with van der Waals surface area (Å²) in [6.45, 7) is 1.17. The Hall–Kier alpha value is -2.43. The summed E-state index contributed by atoms with van der Waals surface area (Å²) in [5.41, 5.74) is 2.64. The van der Waals surface area contributed by atoms with Crippen molar-refractivity contribution in [1.82, 2.24) is 14.9 Å². The highest BCUT2D eigenvalue weighted by molar-refractivity contribution is 5.94. The lowest BCUT2D eigenvalue weighted by Crippen LogP contribution is -2.36. The maximum Gasteiger partial charge on any atom is 0.255 e. The maximum absolute atomic E-state index is 12.3. The minimum Gasteiger partial charge on any atom is -0.493 e. The fraction of sp³-hybridized carbons (Fsp3) is 0.214. The van der Waals surface area contributed by atoms with E-state index in [4.69, 9.17) is 0 Å². The number of hydrogen-bond acceptors (Lipinski definition) is 4. The maximum atomic E-state index is 12.3. The Morgan fingerprint density at radius 3 is 3.00 bits per heavy atom. The molecular formula is C14H13N3O2. The van der Waals surface area contributed by atoms with E-state index in [1.165, 1.54) is 0 Å². The molecule has 0 unspecified atom stereocenters. The first kappa shape index (κ1) is 11.6. The summed E-state index contributed by atoms with van der Waals surface area (Å²) < 4.78 is 0. The Morgan fingerprint density at radius 2 is 2.21 bits per heavy atom. The van der Waals surface area contributed by atoms with Crippen LogP contribution < -0.4 is 0 Å². The van der Waals surface area contributed by atoms with Crippen LogP contribution in [0.4, 0.5) is 0 Å². The summed E-state index contributed by atoms with van der Waals surface area (Å²) in [7, 11) is 0. The number of pyridine rings is 2. The molecule has 0 atom stereocenters. The quantitative estimate of drug-likeness (QED) is 0.836. The summed E-state index contributed by atoms with van der Waals surface area (Å²) in [4.78, 5) is 21.9. The van der Waals surface area contributed by atoms with Crippen molar-refractivity contribution in [3.8, 4) is 5.88 Å². The third-order valence-corrected chi connectivity index (χ3v) is 3.28. The summed E-state index contributed by atoms with van der Waals surface area (Å²) in [5.74, 6) is 0.0117. The fourth-order valence-electron chi connectivity index (χ4n) is 2.27. The Balaban J connectivity index is 1.82. The number of hydrogen-bond donors (Lipinski definition) is 1. The molecule has 0 radical (unpaired) electrons. The first-order valence-electron chi connectivity index (χ1n) is 6.10. The molecule has 1 aliphatic rings. The molecule has 5 nitrogen and oxygen atoms in total. The zero-order chi connectivity index (χ0) is 13.2. The van der Waals surface area contributed by atoms with E-state index in [2.05, 4.69) is 9.97 Å². The van der Waals surface area contributed by atoms with Crippen molar-refractivity contribution in [2.45, 2.75) is 13.0 Å². The first-order chi connectivity index (χ1) is 9.24. The lowest BCUT2D eigenvalue weighted by atomic mass is 10.0. The molecule has 1 amide bonds. The molecule has 0 fully saturated rings. The predicted molar refractivity (Wildman–Crippen MR) is 68.6 cm³/mol. The second-order valence-electron chi connectivity index (χ2n) is 4.53. The smallest absolute Gasteiger partial charge is 0.255 e. The highest BCUT2D eigenvalue weighted by Gasteiger charge is 2.22. The van der Waals surface area contributed by atoms with Crippen molar-refractivity contribution in [3.63, 3.8) is 0 Å². The van der Waals surface area contributed by atoms with Crippen LogP contribution in [-0.2, 0) is 13.0 Å². The Morgan fingerprint density at radius 1 is 1.32 bits per heavy atom. The number of rotatable bonds is 1. The molecule has 1 aliphatic heterocycles. The van der Waals surface area contributed by atoms with E-state index < -0.39 is 0 Å². The molecule has 2 aromatic rings. The van der Waals surface area contributed by atoms with Crippen LogP contribution in [0, 0.1) is 0 Å². The zero-order valence-corrected chi connectivity index (χ0v) is 10.3. The molecule has 3 heterocycles. The third kappa shape index (κ3) is 2.27. The predicted octanol–water partition coefficient (Wildman–Crippen LogP) is 1.38. The van der Waals surface area contributed by atoms with Crippen molar-refractivity contribution in [2.24, 2.45) is 0 Å². The van der Waals surface area contributed by atoms with Crippen LogP contribution in [0.15, 0.2) is 36.8 Å². The lowest BCUT2D eigenvalue weighted by Gasteiger charge is -2.28. The molecule has 96 valence electrons. The van der Waals surface area contributed by atoms with E-state index in [1.54, 1.807) is 41.7 Å². The van der Waals surface area contributed by atoms with Crippen molar-refractivity contribution in [2.75, 3.05) is 6.54 Å². The molecule has 5 heteroatoms. The number of carbonyl (C=O) groups excluding carboxylic acids is 1. The summed E-state index contributed by atoms with van der Waals surface area (Å²) in [6, 6.07) is 5.19. The van der Waals surface area contributed by atoms with Gasteiger partial charge >= 0.3 is 0 Å². The van der Waals surface area contributed by atoms with Gasteiger partial charge in [0.05, 0.1) is 5.56 Å². The average Bonchev–Trinajstić information content (AvgIpc) is 2.47. The molecular weight excluding hydrogens is 242 g/mol. The minimum atomic E-state index is -0.0215. The van der Waals surface area contributed by atoms with E-state index in [1.807, 2.05) is 0 Å². The van der Waals surface area contributed by atoms with Gasteiger partial charge in [0.25, 0.3) is 5.91 Å². The van der Waals surface area contributed by atoms with Crippen LogP contribution in [0.25, 0.3) is 0 Å². The van der Waals surface area contributed by atoms with E-state index in [9.17, 15) is 9.90 Å². The SMILES string of the molecule is O=C(c1cccnc1)N1CCc2cc(O)ncc2C1. The topological polar surface area (TPSA) is 66.3 Å². The molecule has 0 bridgehead atoms. The van der Waals surface area contributed by atoms with Crippen LogP contribution in [0.5, 0.6) is 5.88 Å². The highest BCUT2D eigenvalue weighted by Crippen LogP contribution is 2.22. The number of nitrogens with zero attached hydrogens (tertiary/aromatic N) is 3. The van der Waals surface area contributed by atoms with Crippen LogP contribution >= 0.6 is 0 Å². The van der Waals surface area contributed by atoms with Crippen molar-refractivity contribution in [3.05, 3.63) is 53.5 Å². The van der Waals surface area contributed by atoms with Crippen LogP contribution in [-0.4, -0.2) is 32.4 Å². The van der Waals surface area contributed by atoms with Crippen LogP contribution in [0.1, 0.15) is 21.5 Å². The third-order valence-electron chi connectivity index (χ3n) is 3.28. The Labute approximate surface area is 110 Å². The minimum absolute atomic E-state index is 0.0215. The van der Waals surface area contributed by atoms with Crippen molar-refractivity contribution < 1.29 is 9.90 Å². The molecule has 0 saturated carbocycles. The van der Waals surface area contributed by atoms with Gasteiger partial charge in [-0.25, -0.2) is 4.98 Å². The second kappa shape index (κ2) is 4.68. The molecule has 19 heavy (non-hydrogen) atoms. The molecule has 0 spiro atoms. The van der Waals surface area contributed by atoms with E-state index in [0.717, 1.165) is 17.5 Å². The molecule has 0 aromatic carbocycles. The number of aromatic hydroxyl groups is 1. The molecule has 3 rings (SSSR count). The molecule has 1 N–H and O–H groups in total. The van der Waals surface area contributed by atoms with Gasteiger partial charge in [0, 0.05) is 37.7 Å². The zero-order valence-electron chi connectivity index (χ0n) is 10.3. The van der Waals surface area contributed by atoms with E-state index in [-0.39, 0.29) is 11.8 Å². The summed E-state index contributed by atoms with van der Waals surface area (Å²) in [6.07, 6.45) is 5.59. The van der Waals surface area contributed by atoms with E-state index >= 15 is 0 Å². The normalized spacial score (nSPS) is 14.0. The lowest BCUT2D eigenvalue weighted by molar-refractivity contribution is 0.0734. The Kier molecular flexibility index (Phi) is 2.87. The summed E-state index contributed by atoms with van der Waals surface area (Å²) >= 11 is 0. The average molecular weight is 255 g/mol. The second-order valence-corrected chi connectivity index (χ2v) is 4.53. The van der Waals surface area contributed by atoms with Gasteiger partial charge in [0.1, 0.15) is 0 Å². The van der Waals surface area contributed by atoms with Gasteiger partial charge in [-0.05, 0) is 29.7 Å². The van der Waals surface area contributed by atoms with Gasteiger partial charge in [0.2, 0.25) is 5.88 Å². The van der Waals surface area contributed by atoms with Crippen molar-refractivity contribution in [1.29, 1.82) is 0 Å². The Bertz CT molecular complexity index is 613. The number of fused-ring (bicyclic) bond motifs is 1. The monoisotopic (exact) mass is 255 g/mol. The van der Waals surface area contributed by atoms with Crippen molar-refractivity contribution >= 4 is 5.91 Å². The van der Waals surface area contributed by atoms with Gasteiger partial charge in [0.15, 0.2) is 0 Å². The summed E-state index contributed by atoms with van der Waals surface area (Å²) in [5, 5.41) is 9.34. The van der Waals surface area contributed by atoms with Crippen LogP contribution in [0.3, 0.4) is 0 Å². The van der Waals surface area contributed by atoms with Gasteiger partial charge in [-0.2, -0.15) is 0 Å². The first-order valence-corrected chi connectivity index (χ1v) is 6.10. The van der Waals surface area contributed by atoms with Gasteiger partial charge < -0.3 is 10.0 Å². The van der Waals surface area contributed by atoms with Gasteiger partial charge in [-0.3, -0.25) is 9.78 Å². The molecule has 0 saturated heterocycles. The van der Waals surface area contributed by atoms with Crippen LogP contribution in [0.2, 0.25) is 0 Å². The number of aromatic nitrogens is 2. The number of amides is 1. The highest BCUT2D eigenvalue weighted by atomic mass is 16.3. The standard InChI is InChI=1S/C14H13N3O2/c18-13-6-10-3-5-17(9-12(10)8-16-13)14(19)11-2-1-4-15-7-11/h1-2,4,6-8H,3,5,9H2,(H,16,18). The largest absolute Gasteiger partial charge is 0.493 e. The molecule has 2 aromatic heterocycles. The van der Waals surface area contributed by atoms with E-state index in [0.29, 0.717) is 18.7 Å². The fourth-order valence-corrected chi connectivity index (χ4v) is 2.27. The van der Waals surface area contributed by atoms with Gasteiger partial charge in [-0.1, -0.05) is 0 Å². The number of carbonyl (C=O) groups is 1. The van der Waals surface area contributed by atoms with Gasteiger partial charge in [-0.15, -0.1) is 0 Å². The molecule has 0 aliphatic carbocycles.